The lowest BCUT2D eigenvalue weighted by Gasteiger charge is -2.44. The van der Waals surface area contributed by atoms with E-state index in [0.29, 0.717) is 5.54 Å². The topological polar surface area (TPSA) is 3.24 Å². The Balaban J connectivity index is 1.99. The Morgan fingerprint density at radius 2 is 1.77 bits per heavy atom. The average molecular weight is 181 g/mol. The van der Waals surface area contributed by atoms with Gasteiger partial charge in [0, 0.05) is 12.1 Å². The van der Waals surface area contributed by atoms with E-state index in [4.69, 9.17) is 0 Å². The maximum atomic E-state index is 2.65. The van der Waals surface area contributed by atoms with Gasteiger partial charge in [0.25, 0.3) is 0 Å². The van der Waals surface area contributed by atoms with E-state index in [0.717, 1.165) is 11.3 Å². The van der Waals surface area contributed by atoms with Crippen LogP contribution in [0.25, 0.3) is 0 Å². The molecule has 0 aromatic heterocycles. The van der Waals surface area contributed by atoms with Crippen molar-refractivity contribution in [3.05, 3.63) is 0 Å². The Hall–Kier alpha value is -0.0400. The zero-order valence-corrected chi connectivity index (χ0v) is 9.56. The first kappa shape index (κ1) is 9.51. The average Bonchev–Trinajstić information content (AvgIpc) is 2.74. The van der Waals surface area contributed by atoms with Crippen LogP contribution in [0.5, 0.6) is 0 Å². The highest BCUT2D eigenvalue weighted by Gasteiger charge is 2.50. The van der Waals surface area contributed by atoms with E-state index in [9.17, 15) is 0 Å². The molecule has 1 atom stereocenters. The fraction of sp³-hybridized carbons (Fsp3) is 1.00. The lowest BCUT2D eigenvalue weighted by molar-refractivity contribution is 0.0438. The summed E-state index contributed by atoms with van der Waals surface area (Å²) < 4.78 is 0. The molecule has 76 valence electrons. The maximum absolute atomic E-state index is 2.65. The first-order chi connectivity index (χ1) is 5.94. The van der Waals surface area contributed by atoms with Gasteiger partial charge in [0.15, 0.2) is 0 Å². The molecule has 1 heterocycles. The summed E-state index contributed by atoms with van der Waals surface area (Å²) >= 11 is 0. The number of piperidine rings is 1. The minimum Gasteiger partial charge on any atom is -0.298 e. The molecule has 2 rings (SSSR count). The summed E-state index contributed by atoms with van der Waals surface area (Å²) in [6.07, 6.45) is 4.46. The largest absolute Gasteiger partial charge is 0.298 e. The van der Waals surface area contributed by atoms with Gasteiger partial charge in [-0.25, -0.2) is 0 Å². The third-order valence-electron chi connectivity index (χ3n) is 4.26. The smallest absolute Gasteiger partial charge is 0.0125 e. The lowest BCUT2D eigenvalue weighted by atomic mass is 9.82. The molecule has 0 amide bonds. The van der Waals surface area contributed by atoms with Crippen LogP contribution in [0.1, 0.15) is 47.0 Å². The highest BCUT2D eigenvalue weighted by Crippen LogP contribution is 2.57. The van der Waals surface area contributed by atoms with E-state index in [2.05, 4.69) is 32.6 Å². The first-order valence-electron chi connectivity index (χ1n) is 5.69. The summed E-state index contributed by atoms with van der Waals surface area (Å²) in [6, 6.07) is 0. The molecule has 1 saturated carbocycles. The van der Waals surface area contributed by atoms with Gasteiger partial charge in [-0.1, -0.05) is 6.92 Å². The molecule has 1 unspecified atom stereocenters. The third kappa shape index (κ3) is 1.63. The quantitative estimate of drug-likeness (QED) is 0.555. The predicted molar refractivity (Wildman–Crippen MR) is 56.8 cm³/mol. The second-order valence-corrected chi connectivity index (χ2v) is 6.13. The molecule has 1 nitrogen and oxygen atoms in total. The molecule has 1 aliphatic heterocycles. The standard InChI is InChI=1S/C12H23N/c1-10-9-13(11(2,3)4)8-7-12(10)5-6-12/h10H,5-9H2,1-4H3. The molecule has 1 spiro atoms. The second-order valence-electron chi connectivity index (χ2n) is 6.13. The molecular weight excluding hydrogens is 158 g/mol. The van der Waals surface area contributed by atoms with Gasteiger partial charge in [0.2, 0.25) is 0 Å². The third-order valence-corrected chi connectivity index (χ3v) is 4.26. The van der Waals surface area contributed by atoms with Crippen LogP contribution in [-0.2, 0) is 0 Å². The van der Waals surface area contributed by atoms with Crippen molar-refractivity contribution in [1.29, 1.82) is 0 Å². The highest BCUT2D eigenvalue weighted by molar-refractivity contribution is 5.02. The van der Waals surface area contributed by atoms with Crippen LogP contribution in [0, 0.1) is 11.3 Å². The molecule has 0 radical (unpaired) electrons. The molecule has 1 aliphatic carbocycles. The van der Waals surface area contributed by atoms with E-state index < -0.39 is 0 Å². The Morgan fingerprint density at radius 3 is 2.15 bits per heavy atom. The minimum absolute atomic E-state index is 0.380. The van der Waals surface area contributed by atoms with Crippen molar-refractivity contribution in [2.45, 2.75) is 52.5 Å². The Kier molecular flexibility index (Phi) is 1.99. The Morgan fingerprint density at radius 1 is 1.15 bits per heavy atom. The maximum Gasteiger partial charge on any atom is 0.0125 e. The van der Waals surface area contributed by atoms with E-state index >= 15 is 0 Å². The molecule has 0 aromatic rings. The summed E-state index contributed by atoms with van der Waals surface area (Å²) in [7, 11) is 0. The van der Waals surface area contributed by atoms with E-state index in [1.807, 2.05) is 0 Å². The SMILES string of the molecule is CC1CN(C(C)(C)C)CCC12CC2. The summed E-state index contributed by atoms with van der Waals surface area (Å²) in [4.78, 5) is 2.65. The fourth-order valence-corrected chi connectivity index (χ4v) is 2.73. The molecule has 1 saturated heterocycles. The highest BCUT2D eigenvalue weighted by atomic mass is 15.2. The van der Waals surface area contributed by atoms with Crippen molar-refractivity contribution in [2.75, 3.05) is 13.1 Å². The van der Waals surface area contributed by atoms with Crippen molar-refractivity contribution >= 4 is 0 Å². The van der Waals surface area contributed by atoms with Crippen LogP contribution in [0.15, 0.2) is 0 Å². The van der Waals surface area contributed by atoms with Crippen molar-refractivity contribution in [3.8, 4) is 0 Å². The van der Waals surface area contributed by atoms with Crippen LogP contribution in [-0.4, -0.2) is 23.5 Å². The zero-order chi connectivity index (χ0) is 9.69. The number of rotatable bonds is 0. The van der Waals surface area contributed by atoms with Gasteiger partial charge in [-0.15, -0.1) is 0 Å². The number of likely N-dealkylation sites (tertiary alicyclic amines) is 1. The summed E-state index contributed by atoms with van der Waals surface area (Å²) in [6.45, 7) is 12.1. The Labute approximate surface area is 82.5 Å². The minimum atomic E-state index is 0.380. The van der Waals surface area contributed by atoms with Crippen molar-refractivity contribution in [2.24, 2.45) is 11.3 Å². The number of hydrogen-bond donors (Lipinski definition) is 0. The van der Waals surface area contributed by atoms with Crippen molar-refractivity contribution in [1.82, 2.24) is 4.90 Å². The van der Waals surface area contributed by atoms with Gasteiger partial charge in [-0.3, -0.25) is 4.90 Å². The van der Waals surface area contributed by atoms with E-state index in [-0.39, 0.29) is 0 Å². The molecule has 0 aromatic carbocycles. The van der Waals surface area contributed by atoms with Gasteiger partial charge in [-0.2, -0.15) is 0 Å². The summed E-state index contributed by atoms with van der Waals surface area (Å²) in [5.74, 6) is 0.931. The molecule has 13 heavy (non-hydrogen) atoms. The molecular formula is C12H23N. The Bertz CT molecular complexity index is 198. The van der Waals surface area contributed by atoms with E-state index in [1.165, 1.54) is 32.4 Å². The van der Waals surface area contributed by atoms with Gasteiger partial charge in [0.05, 0.1) is 0 Å². The molecule has 2 aliphatic rings. The number of nitrogens with zero attached hydrogens (tertiary/aromatic N) is 1. The lowest BCUT2D eigenvalue weighted by Crippen LogP contribution is -2.49. The monoisotopic (exact) mass is 181 g/mol. The van der Waals surface area contributed by atoms with Crippen LogP contribution < -0.4 is 0 Å². The fourth-order valence-electron chi connectivity index (χ4n) is 2.73. The number of hydrogen-bond acceptors (Lipinski definition) is 1. The molecule has 0 bridgehead atoms. The van der Waals surface area contributed by atoms with Crippen LogP contribution in [0.3, 0.4) is 0 Å². The van der Waals surface area contributed by atoms with E-state index in [1.54, 1.807) is 0 Å². The normalized spacial score (nSPS) is 33.7. The molecule has 0 N–H and O–H groups in total. The summed E-state index contributed by atoms with van der Waals surface area (Å²) in [5.41, 5.74) is 1.17. The van der Waals surface area contributed by atoms with Gasteiger partial charge >= 0.3 is 0 Å². The van der Waals surface area contributed by atoms with Gasteiger partial charge < -0.3 is 0 Å². The van der Waals surface area contributed by atoms with Crippen LogP contribution >= 0.6 is 0 Å². The van der Waals surface area contributed by atoms with Crippen LogP contribution in [0.2, 0.25) is 0 Å². The van der Waals surface area contributed by atoms with Gasteiger partial charge in [-0.05, 0) is 57.9 Å². The van der Waals surface area contributed by atoms with Gasteiger partial charge in [0.1, 0.15) is 0 Å². The molecule has 1 heteroatoms. The summed E-state index contributed by atoms with van der Waals surface area (Å²) in [5, 5.41) is 0. The first-order valence-corrected chi connectivity index (χ1v) is 5.69. The van der Waals surface area contributed by atoms with Crippen LogP contribution in [0.4, 0.5) is 0 Å². The van der Waals surface area contributed by atoms with Crippen molar-refractivity contribution < 1.29 is 0 Å². The predicted octanol–water partition coefficient (Wildman–Crippen LogP) is 2.91. The second kappa shape index (κ2) is 2.73. The molecule has 2 fully saturated rings. The zero-order valence-electron chi connectivity index (χ0n) is 9.56. The van der Waals surface area contributed by atoms with Crippen molar-refractivity contribution in [3.63, 3.8) is 0 Å².